The summed E-state index contributed by atoms with van der Waals surface area (Å²) in [4.78, 5) is 4.50. The standard InChI is InChI=1S/C18H22FN5O2S/c1-13-16(20-18(26-13)14-4-6-15(19)7-5-14)8-10-25-9-2-3-11-27-12-17-21-23-24-22-17/h4-7H,2-3,8-12H2,1H3,(H,21,22,23,24). The Morgan fingerprint density at radius 1 is 1.19 bits per heavy atom. The van der Waals surface area contributed by atoms with E-state index in [2.05, 4.69) is 25.6 Å². The first kappa shape index (κ1) is 19.5. The number of oxazole rings is 1. The summed E-state index contributed by atoms with van der Waals surface area (Å²) < 4.78 is 24.4. The molecule has 2 aromatic heterocycles. The van der Waals surface area contributed by atoms with E-state index in [0.717, 1.165) is 53.8 Å². The van der Waals surface area contributed by atoms with Crippen molar-refractivity contribution in [2.24, 2.45) is 0 Å². The van der Waals surface area contributed by atoms with Crippen molar-refractivity contribution in [2.45, 2.75) is 31.9 Å². The topological polar surface area (TPSA) is 89.7 Å². The molecule has 0 bridgehead atoms. The van der Waals surface area contributed by atoms with Crippen molar-refractivity contribution in [3.05, 3.63) is 47.4 Å². The molecule has 7 nitrogen and oxygen atoms in total. The van der Waals surface area contributed by atoms with Gasteiger partial charge in [0.1, 0.15) is 11.6 Å². The van der Waals surface area contributed by atoms with Crippen molar-refractivity contribution >= 4 is 11.8 Å². The molecular weight excluding hydrogens is 369 g/mol. The molecule has 0 aliphatic carbocycles. The van der Waals surface area contributed by atoms with Gasteiger partial charge in [0.2, 0.25) is 5.89 Å². The molecule has 1 aromatic carbocycles. The molecule has 0 saturated carbocycles. The summed E-state index contributed by atoms with van der Waals surface area (Å²) in [6.07, 6.45) is 2.79. The highest BCUT2D eigenvalue weighted by atomic mass is 32.2. The minimum Gasteiger partial charge on any atom is -0.441 e. The van der Waals surface area contributed by atoms with Gasteiger partial charge in [0.05, 0.1) is 18.1 Å². The van der Waals surface area contributed by atoms with Crippen LogP contribution in [0.3, 0.4) is 0 Å². The van der Waals surface area contributed by atoms with E-state index in [4.69, 9.17) is 9.15 Å². The van der Waals surface area contributed by atoms with Crippen molar-refractivity contribution < 1.29 is 13.5 Å². The Labute approximate surface area is 161 Å². The van der Waals surface area contributed by atoms with Gasteiger partial charge < -0.3 is 9.15 Å². The first-order chi connectivity index (χ1) is 13.2. The zero-order valence-corrected chi connectivity index (χ0v) is 16.0. The van der Waals surface area contributed by atoms with Gasteiger partial charge in [0.25, 0.3) is 0 Å². The molecule has 0 saturated heterocycles. The fourth-order valence-corrected chi connectivity index (χ4v) is 3.32. The van der Waals surface area contributed by atoms with Gasteiger partial charge in [-0.05, 0) is 49.8 Å². The number of aromatic amines is 1. The average molecular weight is 391 g/mol. The summed E-state index contributed by atoms with van der Waals surface area (Å²) in [6.45, 7) is 3.22. The Morgan fingerprint density at radius 2 is 2.04 bits per heavy atom. The minimum atomic E-state index is -0.274. The van der Waals surface area contributed by atoms with E-state index in [-0.39, 0.29) is 5.82 Å². The SMILES string of the molecule is Cc1oc(-c2ccc(F)cc2)nc1CCOCCCCSCc1nn[nH]n1. The van der Waals surface area contributed by atoms with Gasteiger partial charge in [-0.2, -0.15) is 17.0 Å². The van der Waals surface area contributed by atoms with Crippen LogP contribution in [0.4, 0.5) is 4.39 Å². The zero-order chi connectivity index (χ0) is 18.9. The molecule has 0 amide bonds. The molecule has 0 aliphatic heterocycles. The van der Waals surface area contributed by atoms with Crippen molar-refractivity contribution in [1.82, 2.24) is 25.6 Å². The maximum Gasteiger partial charge on any atom is 0.226 e. The van der Waals surface area contributed by atoms with Gasteiger partial charge in [-0.25, -0.2) is 9.37 Å². The molecule has 3 rings (SSSR count). The molecule has 3 aromatic rings. The largest absolute Gasteiger partial charge is 0.441 e. The summed E-state index contributed by atoms with van der Waals surface area (Å²) >= 11 is 1.79. The summed E-state index contributed by atoms with van der Waals surface area (Å²) in [5, 5.41) is 13.8. The molecule has 0 aliphatic rings. The fraction of sp³-hybridized carbons (Fsp3) is 0.444. The van der Waals surface area contributed by atoms with Gasteiger partial charge in [0.15, 0.2) is 5.82 Å². The Bertz CT molecular complexity index is 808. The number of hydrogen-bond acceptors (Lipinski definition) is 7. The maximum atomic E-state index is 13.0. The van der Waals surface area contributed by atoms with Crippen molar-refractivity contribution in [3.63, 3.8) is 0 Å². The number of aryl methyl sites for hydroxylation is 1. The first-order valence-electron chi connectivity index (χ1n) is 8.82. The number of benzene rings is 1. The van der Waals surface area contributed by atoms with Gasteiger partial charge in [-0.1, -0.05) is 5.21 Å². The van der Waals surface area contributed by atoms with Crippen LogP contribution in [0.1, 0.15) is 30.1 Å². The lowest BCUT2D eigenvalue weighted by molar-refractivity contribution is 0.133. The van der Waals surface area contributed by atoms with Crippen LogP contribution < -0.4 is 0 Å². The fourth-order valence-electron chi connectivity index (χ4n) is 2.46. The van der Waals surface area contributed by atoms with E-state index < -0.39 is 0 Å². The molecule has 0 fully saturated rings. The van der Waals surface area contributed by atoms with E-state index in [1.54, 1.807) is 23.9 Å². The lowest BCUT2D eigenvalue weighted by Crippen LogP contribution is -2.02. The highest BCUT2D eigenvalue weighted by Gasteiger charge is 2.11. The van der Waals surface area contributed by atoms with E-state index in [1.807, 2.05) is 6.92 Å². The lowest BCUT2D eigenvalue weighted by atomic mass is 10.2. The molecule has 144 valence electrons. The minimum absolute atomic E-state index is 0.274. The van der Waals surface area contributed by atoms with Gasteiger partial charge in [-0.15, -0.1) is 10.2 Å². The molecule has 2 heterocycles. The normalized spacial score (nSPS) is 11.2. The van der Waals surface area contributed by atoms with Crippen molar-refractivity contribution in [3.8, 4) is 11.5 Å². The van der Waals surface area contributed by atoms with E-state index >= 15 is 0 Å². The van der Waals surface area contributed by atoms with Crippen LogP contribution in [-0.2, 0) is 16.9 Å². The Kier molecular flexibility index (Phi) is 7.35. The van der Waals surface area contributed by atoms with Crippen LogP contribution in [0.2, 0.25) is 0 Å². The van der Waals surface area contributed by atoms with Crippen LogP contribution >= 0.6 is 11.8 Å². The predicted octanol–water partition coefficient (Wildman–Crippen LogP) is 3.57. The second-order valence-corrected chi connectivity index (χ2v) is 7.08. The number of aromatic nitrogens is 5. The zero-order valence-electron chi connectivity index (χ0n) is 15.2. The third-order valence-electron chi connectivity index (χ3n) is 3.91. The van der Waals surface area contributed by atoms with Crippen molar-refractivity contribution in [2.75, 3.05) is 19.0 Å². The Balaban J connectivity index is 1.29. The molecule has 0 atom stereocenters. The van der Waals surface area contributed by atoms with Crippen LogP contribution in [0.15, 0.2) is 28.7 Å². The van der Waals surface area contributed by atoms with Gasteiger partial charge in [0, 0.05) is 18.6 Å². The highest BCUT2D eigenvalue weighted by Crippen LogP contribution is 2.22. The summed E-state index contributed by atoms with van der Waals surface area (Å²) in [5.74, 6) is 3.57. The molecule has 1 N–H and O–H groups in total. The van der Waals surface area contributed by atoms with Crippen LogP contribution in [0.5, 0.6) is 0 Å². The third kappa shape index (κ3) is 6.14. The number of tetrazole rings is 1. The maximum absolute atomic E-state index is 13.0. The molecule has 0 radical (unpaired) electrons. The van der Waals surface area contributed by atoms with Gasteiger partial charge in [-0.3, -0.25) is 0 Å². The molecule has 0 unspecified atom stereocenters. The third-order valence-corrected chi connectivity index (χ3v) is 4.95. The number of nitrogens with one attached hydrogen (secondary N) is 1. The second kappa shape index (κ2) is 10.2. The van der Waals surface area contributed by atoms with Gasteiger partial charge >= 0.3 is 0 Å². The van der Waals surface area contributed by atoms with Crippen LogP contribution in [-0.4, -0.2) is 44.6 Å². The number of hydrogen-bond donors (Lipinski definition) is 1. The van der Waals surface area contributed by atoms with E-state index in [9.17, 15) is 4.39 Å². The summed E-state index contributed by atoms with van der Waals surface area (Å²) in [6, 6.07) is 6.13. The lowest BCUT2D eigenvalue weighted by Gasteiger charge is -2.03. The highest BCUT2D eigenvalue weighted by molar-refractivity contribution is 7.98. The van der Waals surface area contributed by atoms with Crippen molar-refractivity contribution in [1.29, 1.82) is 0 Å². The smallest absolute Gasteiger partial charge is 0.226 e. The molecular formula is C18H22FN5O2S. The second-order valence-electron chi connectivity index (χ2n) is 5.98. The predicted molar refractivity (Wildman–Crippen MR) is 101 cm³/mol. The Hall–Kier alpha value is -2.26. The van der Waals surface area contributed by atoms with E-state index in [1.165, 1.54) is 12.1 Å². The summed E-state index contributed by atoms with van der Waals surface area (Å²) in [5.41, 5.74) is 1.65. The Morgan fingerprint density at radius 3 is 2.81 bits per heavy atom. The molecule has 9 heteroatoms. The number of halogens is 1. The molecule has 0 spiro atoms. The number of H-pyrrole nitrogens is 1. The number of nitrogens with zero attached hydrogens (tertiary/aromatic N) is 4. The summed E-state index contributed by atoms with van der Waals surface area (Å²) in [7, 11) is 0. The number of ether oxygens (including phenoxy) is 1. The van der Waals surface area contributed by atoms with Crippen LogP contribution in [0, 0.1) is 12.7 Å². The number of unbranched alkanes of at least 4 members (excludes halogenated alkanes) is 1. The molecule has 27 heavy (non-hydrogen) atoms. The quantitative estimate of drug-likeness (QED) is 0.500. The van der Waals surface area contributed by atoms with Crippen LogP contribution in [0.25, 0.3) is 11.5 Å². The monoisotopic (exact) mass is 391 g/mol. The average Bonchev–Trinajstić information content (AvgIpc) is 3.31. The van der Waals surface area contributed by atoms with E-state index in [0.29, 0.717) is 18.9 Å². The first-order valence-corrected chi connectivity index (χ1v) is 9.98. The number of thioether (sulfide) groups is 1. The number of rotatable bonds is 11.